The molecule has 2 rings (SSSR count). The smallest absolute Gasteiger partial charge is 0.320 e. The second-order valence-corrected chi connectivity index (χ2v) is 7.14. The maximum atomic E-state index is 12.5. The molecule has 28 heavy (non-hydrogen) atoms. The van der Waals surface area contributed by atoms with Crippen molar-refractivity contribution in [2.24, 2.45) is 5.92 Å². The molecule has 5 nitrogen and oxygen atoms in total. The van der Waals surface area contributed by atoms with Gasteiger partial charge in [-0.3, -0.25) is 9.59 Å². The van der Waals surface area contributed by atoms with Crippen molar-refractivity contribution in [2.75, 3.05) is 13.2 Å². The van der Waals surface area contributed by atoms with Crippen LogP contribution in [0.5, 0.6) is 5.75 Å². The molecule has 0 aliphatic rings. The Kier molecular flexibility index (Phi) is 8.51. The second kappa shape index (κ2) is 10.9. The van der Waals surface area contributed by atoms with Crippen LogP contribution in [-0.2, 0) is 25.7 Å². The van der Waals surface area contributed by atoms with Crippen molar-refractivity contribution in [1.82, 2.24) is 0 Å². The van der Waals surface area contributed by atoms with Crippen LogP contribution in [0.25, 0.3) is 0 Å². The minimum atomic E-state index is -1.06. The maximum Gasteiger partial charge on any atom is 0.320 e. The molecular formula is C22H25BrO5. The zero-order valence-corrected chi connectivity index (χ0v) is 17.9. The van der Waals surface area contributed by atoms with Crippen molar-refractivity contribution in [1.29, 1.82) is 0 Å². The van der Waals surface area contributed by atoms with E-state index in [0.29, 0.717) is 12.4 Å². The lowest BCUT2D eigenvalue weighted by Crippen LogP contribution is -2.32. The summed E-state index contributed by atoms with van der Waals surface area (Å²) in [6.45, 7) is 5.98. The molecule has 1 atom stereocenters. The Labute approximate surface area is 174 Å². The van der Waals surface area contributed by atoms with E-state index in [9.17, 15) is 9.59 Å². The van der Waals surface area contributed by atoms with Crippen molar-refractivity contribution in [3.63, 3.8) is 0 Å². The van der Waals surface area contributed by atoms with Crippen LogP contribution >= 0.6 is 15.9 Å². The van der Waals surface area contributed by atoms with Gasteiger partial charge >= 0.3 is 11.9 Å². The summed E-state index contributed by atoms with van der Waals surface area (Å²) in [6.07, 6.45) is 0. The molecule has 0 spiro atoms. The van der Waals surface area contributed by atoms with Crippen LogP contribution in [0.15, 0.2) is 53.0 Å². The largest absolute Gasteiger partial charge is 0.489 e. The zero-order valence-electron chi connectivity index (χ0n) is 16.3. The minimum Gasteiger partial charge on any atom is -0.489 e. The summed E-state index contributed by atoms with van der Waals surface area (Å²) in [5.41, 5.74) is 1.76. The van der Waals surface area contributed by atoms with Crippen molar-refractivity contribution < 1.29 is 23.8 Å². The van der Waals surface area contributed by atoms with Crippen molar-refractivity contribution in [2.45, 2.75) is 33.3 Å². The Morgan fingerprint density at radius 2 is 1.57 bits per heavy atom. The minimum absolute atomic E-state index is 0.192. The number of hydrogen-bond acceptors (Lipinski definition) is 5. The van der Waals surface area contributed by atoms with Gasteiger partial charge in [-0.25, -0.2) is 0 Å². The van der Waals surface area contributed by atoms with Gasteiger partial charge in [0.05, 0.1) is 13.2 Å². The predicted molar refractivity (Wildman–Crippen MR) is 110 cm³/mol. The number of carbonyl (C=O) groups is 2. The van der Waals surface area contributed by atoms with Crippen LogP contribution in [0, 0.1) is 5.92 Å². The summed E-state index contributed by atoms with van der Waals surface area (Å²) in [6, 6.07) is 15.3. The quantitative estimate of drug-likeness (QED) is 0.404. The van der Waals surface area contributed by atoms with Crippen molar-refractivity contribution in [3.05, 3.63) is 64.1 Å². The van der Waals surface area contributed by atoms with Gasteiger partial charge in [-0.15, -0.1) is 0 Å². The molecule has 0 amide bonds. The van der Waals surface area contributed by atoms with Gasteiger partial charge < -0.3 is 14.2 Å². The van der Waals surface area contributed by atoms with Crippen molar-refractivity contribution >= 4 is 27.9 Å². The fourth-order valence-electron chi connectivity index (χ4n) is 2.89. The van der Waals surface area contributed by atoms with Gasteiger partial charge in [0.25, 0.3) is 0 Å². The summed E-state index contributed by atoms with van der Waals surface area (Å²) >= 11 is 3.46. The topological polar surface area (TPSA) is 61.8 Å². The number of carbonyl (C=O) groups excluding carboxylic acids is 2. The van der Waals surface area contributed by atoms with Crippen LogP contribution in [0.4, 0.5) is 0 Å². The van der Waals surface area contributed by atoms with E-state index in [-0.39, 0.29) is 13.2 Å². The molecule has 6 heteroatoms. The lowest BCUT2D eigenvalue weighted by molar-refractivity contribution is -0.162. The van der Waals surface area contributed by atoms with Crippen LogP contribution in [0.2, 0.25) is 0 Å². The second-order valence-electron chi connectivity index (χ2n) is 6.23. The Morgan fingerprint density at radius 3 is 2.14 bits per heavy atom. The first kappa shape index (κ1) is 22.0. The van der Waals surface area contributed by atoms with Crippen LogP contribution in [0.1, 0.15) is 37.8 Å². The summed E-state index contributed by atoms with van der Waals surface area (Å²) < 4.78 is 17.1. The molecule has 0 N–H and O–H groups in total. The number of ether oxygens (including phenoxy) is 3. The van der Waals surface area contributed by atoms with Gasteiger partial charge in [-0.05, 0) is 43.2 Å². The molecule has 0 saturated carbocycles. The monoisotopic (exact) mass is 448 g/mol. The number of esters is 2. The molecule has 0 aromatic heterocycles. The van der Waals surface area contributed by atoms with E-state index in [4.69, 9.17) is 14.2 Å². The van der Waals surface area contributed by atoms with E-state index in [2.05, 4.69) is 15.9 Å². The Morgan fingerprint density at radius 1 is 0.964 bits per heavy atom. The molecule has 150 valence electrons. The normalized spacial score (nSPS) is 11.8. The number of halogens is 1. The van der Waals surface area contributed by atoms with Crippen LogP contribution in [0.3, 0.4) is 0 Å². The Balaban J connectivity index is 2.32. The molecule has 2 aromatic carbocycles. The van der Waals surface area contributed by atoms with E-state index in [0.717, 1.165) is 15.6 Å². The highest BCUT2D eigenvalue weighted by Gasteiger charge is 2.37. The average molecular weight is 449 g/mol. The molecule has 1 unspecified atom stereocenters. The lowest BCUT2D eigenvalue weighted by Gasteiger charge is -2.23. The van der Waals surface area contributed by atoms with E-state index in [1.54, 1.807) is 20.8 Å². The highest BCUT2D eigenvalue weighted by Crippen LogP contribution is 2.35. The third-order valence-electron chi connectivity index (χ3n) is 4.28. The van der Waals surface area contributed by atoms with E-state index in [1.165, 1.54) is 0 Å². The molecule has 0 radical (unpaired) electrons. The first-order chi connectivity index (χ1) is 13.5. The Hall–Kier alpha value is -2.34. The number of benzene rings is 2. The SMILES string of the molecule is CCOC(=O)C(C(=O)OCC)C(C)c1cc(Br)ccc1OCc1ccccc1. The summed E-state index contributed by atoms with van der Waals surface area (Å²) in [5.74, 6) is -2.13. The number of hydrogen-bond donors (Lipinski definition) is 0. The van der Waals surface area contributed by atoms with E-state index in [1.807, 2.05) is 48.5 Å². The van der Waals surface area contributed by atoms with Crippen LogP contribution < -0.4 is 4.74 Å². The first-order valence-corrected chi connectivity index (χ1v) is 10.1. The van der Waals surface area contributed by atoms with Gasteiger partial charge in [0.1, 0.15) is 12.4 Å². The molecule has 0 fully saturated rings. The van der Waals surface area contributed by atoms with Gasteiger partial charge in [0.2, 0.25) is 0 Å². The first-order valence-electron chi connectivity index (χ1n) is 9.27. The molecule has 0 saturated heterocycles. The van der Waals surface area contributed by atoms with Gasteiger partial charge in [0.15, 0.2) is 5.92 Å². The zero-order chi connectivity index (χ0) is 20.5. The third-order valence-corrected chi connectivity index (χ3v) is 4.77. The molecule has 2 aromatic rings. The molecule has 0 aliphatic heterocycles. The molecule has 0 bridgehead atoms. The van der Waals surface area contributed by atoms with Gasteiger partial charge in [-0.1, -0.05) is 53.2 Å². The summed E-state index contributed by atoms with van der Waals surface area (Å²) in [5, 5.41) is 0. The molecular weight excluding hydrogens is 424 g/mol. The van der Waals surface area contributed by atoms with Gasteiger partial charge in [0, 0.05) is 10.4 Å². The molecule has 0 heterocycles. The Bertz CT molecular complexity index is 773. The maximum absolute atomic E-state index is 12.5. The highest BCUT2D eigenvalue weighted by atomic mass is 79.9. The fourth-order valence-corrected chi connectivity index (χ4v) is 3.27. The predicted octanol–water partition coefficient (Wildman–Crippen LogP) is 4.87. The highest BCUT2D eigenvalue weighted by molar-refractivity contribution is 9.10. The average Bonchev–Trinajstić information content (AvgIpc) is 2.68. The molecule has 0 aliphatic carbocycles. The van der Waals surface area contributed by atoms with E-state index < -0.39 is 23.8 Å². The summed E-state index contributed by atoms with van der Waals surface area (Å²) in [7, 11) is 0. The number of rotatable bonds is 9. The standard InChI is InChI=1S/C22H25BrO5/c1-4-26-21(24)20(22(25)27-5-2)15(3)18-13-17(23)11-12-19(18)28-14-16-9-7-6-8-10-16/h6-13,15,20H,4-5,14H2,1-3H3. The van der Waals surface area contributed by atoms with Gasteiger partial charge in [-0.2, -0.15) is 0 Å². The fraction of sp³-hybridized carbons (Fsp3) is 0.364. The van der Waals surface area contributed by atoms with E-state index >= 15 is 0 Å². The van der Waals surface area contributed by atoms with Crippen molar-refractivity contribution in [3.8, 4) is 5.75 Å². The summed E-state index contributed by atoms with van der Waals surface area (Å²) in [4.78, 5) is 24.9. The third kappa shape index (κ3) is 5.83. The van der Waals surface area contributed by atoms with Crippen LogP contribution in [-0.4, -0.2) is 25.2 Å². The lowest BCUT2D eigenvalue weighted by atomic mass is 9.87.